The SMILES string of the molecule is CCC(C)C(C)(O)C1(C#N)CCCC(C)C1. The van der Waals surface area contributed by atoms with Crippen LogP contribution in [0.4, 0.5) is 0 Å². The van der Waals surface area contributed by atoms with Crippen molar-refractivity contribution in [2.45, 2.75) is 65.4 Å². The number of nitrogens with zero attached hydrogens (tertiary/aromatic N) is 1. The van der Waals surface area contributed by atoms with Crippen molar-refractivity contribution in [1.82, 2.24) is 0 Å². The van der Waals surface area contributed by atoms with Gasteiger partial charge in [0.1, 0.15) is 0 Å². The summed E-state index contributed by atoms with van der Waals surface area (Å²) >= 11 is 0. The normalized spacial score (nSPS) is 36.1. The summed E-state index contributed by atoms with van der Waals surface area (Å²) in [7, 11) is 0. The molecule has 0 aromatic heterocycles. The van der Waals surface area contributed by atoms with Crippen molar-refractivity contribution in [2.24, 2.45) is 17.3 Å². The second-order valence-corrected chi connectivity index (χ2v) is 5.85. The van der Waals surface area contributed by atoms with Gasteiger partial charge in [-0.15, -0.1) is 0 Å². The highest BCUT2D eigenvalue weighted by Gasteiger charge is 2.51. The minimum absolute atomic E-state index is 0.178. The van der Waals surface area contributed by atoms with Gasteiger partial charge in [0, 0.05) is 0 Å². The maximum absolute atomic E-state index is 10.8. The van der Waals surface area contributed by atoms with Gasteiger partial charge in [0.25, 0.3) is 0 Å². The van der Waals surface area contributed by atoms with Crippen LogP contribution in [0, 0.1) is 28.6 Å². The van der Waals surface area contributed by atoms with Crippen LogP contribution in [-0.4, -0.2) is 10.7 Å². The van der Waals surface area contributed by atoms with Crippen LogP contribution >= 0.6 is 0 Å². The first kappa shape index (κ1) is 13.5. The van der Waals surface area contributed by atoms with Crippen LogP contribution in [0.25, 0.3) is 0 Å². The first-order chi connectivity index (χ1) is 7.39. The van der Waals surface area contributed by atoms with E-state index in [-0.39, 0.29) is 5.92 Å². The Balaban J connectivity index is 2.99. The molecule has 0 spiro atoms. The third-order valence-corrected chi connectivity index (χ3v) is 4.75. The third kappa shape index (κ3) is 2.11. The van der Waals surface area contributed by atoms with E-state index in [1.807, 2.05) is 6.92 Å². The number of aliphatic hydroxyl groups is 1. The van der Waals surface area contributed by atoms with Gasteiger partial charge in [0.15, 0.2) is 0 Å². The minimum Gasteiger partial charge on any atom is -0.388 e. The molecule has 4 unspecified atom stereocenters. The van der Waals surface area contributed by atoms with E-state index in [4.69, 9.17) is 0 Å². The topological polar surface area (TPSA) is 44.0 Å². The van der Waals surface area contributed by atoms with Gasteiger partial charge in [-0.3, -0.25) is 0 Å². The van der Waals surface area contributed by atoms with E-state index in [0.29, 0.717) is 5.92 Å². The zero-order valence-electron chi connectivity index (χ0n) is 11.1. The number of hydrogen-bond donors (Lipinski definition) is 1. The Labute approximate surface area is 99.7 Å². The van der Waals surface area contributed by atoms with Crippen LogP contribution in [0.2, 0.25) is 0 Å². The van der Waals surface area contributed by atoms with Gasteiger partial charge in [0.05, 0.1) is 17.1 Å². The summed E-state index contributed by atoms with van der Waals surface area (Å²) in [5.41, 5.74) is -1.38. The third-order valence-electron chi connectivity index (χ3n) is 4.75. The van der Waals surface area contributed by atoms with Crippen molar-refractivity contribution in [3.8, 4) is 6.07 Å². The molecule has 0 aliphatic heterocycles. The monoisotopic (exact) mass is 223 g/mol. The van der Waals surface area contributed by atoms with Crippen molar-refractivity contribution >= 4 is 0 Å². The highest BCUT2D eigenvalue weighted by atomic mass is 16.3. The summed E-state index contributed by atoms with van der Waals surface area (Å²) in [5, 5.41) is 20.3. The van der Waals surface area contributed by atoms with Crippen LogP contribution in [0.3, 0.4) is 0 Å². The Morgan fingerprint density at radius 3 is 2.69 bits per heavy atom. The van der Waals surface area contributed by atoms with E-state index in [1.165, 1.54) is 6.42 Å². The van der Waals surface area contributed by atoms with E-state index in [2.05, 4.69) is 26.8 Å². The maximum Gasteiger partial charge on any atom is 0.0862 e. The van der Waals surface area contributed by atoms with Crippen molar-refractivity contribution < 1.29 is 5.11 Å². The molecule has 1 N–H and O–H groups in total. The molecule has 2 nitrogen and oxygen atoms in total. The van der Waals surface area contributed by atoms with E-state index in [1.54, 1.807) is 0 Å². The van der Waals surface area contributed by atoms with Crippen molar-refractivity contribution in [3.05, 3.63) is 0 Å². The molecule has 0 aromatic rings. The molecule has 92 valence electrons. The van der Waals surface area contributed by atoms with E-state index < -0.39 is 11.0 Å². The molecular formula is C14H25NO. The van der Waals surface area contributed by atoms with E-state index >= 15 is 0 Å². The van der Waals surface area contributed by atoms with Gasteiger partial charge < -0.3 is 5.11 Å². The van der Waals surface area contributed by atoms with Gasteiger partial charge in [-0.05, 0) is 31.6 Å². The lowest BCUT2D eigenvalue weighted by Gasteiger charge is -2.47. The Kier molecular flexibility index (Phi) is 4.02. The summed E-state index contributed by atoms with van der Waals surface area (Å²) < 4.78 is 0. The lowest BCUT2D eigenvalue weighted by atomic mass is 9.58. The predicted octanol–water partition coefficient (Wildman–Crippen LogP) is 3.50. The average Bonchev–Trinajstić information content (AvgIpc) is 2.27. The second kappa shape index (κ2) is 4.75. The quantitative estimate of drug-likeness (QED) is 0.795. The van der Waals surface area contributed by atoms with Gasteiger partial charge in [-0.2, -0.15) is 5.26 Å². The van der Waals surface area contributed by atoms with Crippen LogP contribution in [-0.2, 0) is 0 Å². The number of rotatable bonds is 3. The van der Waals surface area contributed by atoms with Crippen molar-refractivity contribution in [1.29, 1.82) is 5.26 Å². The van der Waals surface area contributed by atoms with Crippen LogP contribution < -0.4 is 0 Å². The molecule has 0 amide bonds. The lowest BCUT2D eigenvalue weighted by molar-refractivity contribution is -0.104. The van der Waals surface area contributed by atoms with Crippen molar-refractivity contribution in [2.75, 3.05) is 0 Å². The number of hydrogen-bond acceptors (Lipinski definition) is 2. The maximum atomic E-state index is 10.8. The Morgan fingerprint density at radius 1 is 1.62 bits per heavy atom. The standard InChI is InChI=1S/C14H25NO/c1-5-12(3)13(4,16)14(10-15)8-6-7-11(2)9-14/h11-12,16H,5-9H2,1-4H3. The molecular weight excluding hydrogens is 198 g/mol. The molecule has 1 saturated carbocycles. The summed E-state index contributed by atoms with van der Waals surface area (Å²) in [6.07, 6.45) is 4.89. The van der Waals surface area contributed by atoms with Crippen LogP contribution in [0.1, 0.15) is 59.8 Å². The molecule has 1 rings (SSSR count). The van der Waals surface area contributed by atoms with Crippen molar-refractivity contribution in [3.63, 3.8) is 0 Å². The largest absolute Gasteiger partial charge is 0.388 e. The zero-order chi connectivity index (χ0) is 12.4. The minimum atomic E-state index is -0.856. The second-order valence-electron chi connectivity index (χ2n) is 5.85. The lowest BCUT2D eigenvalue weighted by Crippen LogP contribution is -2.51. The van der Waals surface area contributed by atoms with Gasteiger partial charge in [-0.1, -0.05) is 40.0 Å². The molecule has 1 aliphatic rings. The summed E-state index contributed by atoms with van der Waals surface area (Å²) in [6, 6.07) is 2.45. The molecule has 1 fully saturated rings. The van der Waals surface area contributed by atoms with Gasteiger partial charge in [-0.25, -0.2) is 0 Å². The molecule has 16 heavy (non-hydrogen) atoms. The van der Waals surface area contributed by atoms with E-state index in [0.717, 1.165) is 25.7 Å². The Morgan fingerprint density at radius 2 is 2.25 bits per heavy atom. The molecule has 2 heteroatoms. The summed E-state index contributed by atoms with van der Waals surface area (Å²) in [5.74, 6) is 0.737. The number of nitriles is 1. The van der Waals surface area contributed by atoms with Crippen LogP contribution in [0.15, 0.2) is 0 Å². The zero-order valence-corrected chi connectivity index (χ0v) is 11.1. The van der Waals surface area contributed by atoms with Gasteiger partial charge >= 0.3 is 0 Å². The highest BCUT2D eigenvalue weighted by Crippen LogP contribution is 2.49. The first-order valence-corrected chi connectivity index (χ1v) is 6.53. The molecule has 4 atom stereocenters. The fraction of sp³-hybridized carbons (Fsp3) is 0.929. The van der Waals surface area contributed by atoms with E-state index in [9.17, 15) is 10.4 Å². The van der Waals surface area contributed by atoms with Gasteiger partial charge in [0.2, 0.25) is 0 Å². The smallest absolute Gasteiger partial charge is 0.0862 e. The van der Waals surface area contributed by atoms with Crippen LogP contribution in [0.5, 0.6) is 0 Å². The molecule has 0 aromatic carbocycles. The summed E-state index contributed by atoms with van der Waals surface area (Å²) in [4.78, 5) is 0. The highest BCUT2D eigenvalue weighted by molar-refractivity contribution is 5.13. The molecule has 0 radical (unpaired) electrons. The molecule has 0 bridgehead atoms. The summed E-state index contributed by atoms with van der Waals surface area (Å²) in [6.45, 7) is 8.19. The predicted molar refractivity (Wildman–Crippen MR) is 65.8 cm³/mol. The fourth-order valence-corrected chi connectivity index (χ4v) is 3.09. The fourth-order valence-electron chi connectivity index (χ4n) is 3.09. The molecule has 1 aliphatic carbocycles. The Hall–Kier alpha value is -0.550. The first-order valence-electron chi connectivity index (χ1n) is 6.53. The Bertz CT molecular complexity index is 279. The molecule has 0 saturated heterocycles. The molecule has 0 heterocycles. The average molecular weight is 223 g/mol.